The van der Waals surface area contributed by atoms with Crippen LogP contribution in [0.5, 0.6) is 0 Å². The minimum Gasteiger partial charge on any atom is -0.480 e. The SMILES string of the molecule is C=CC[C@H](NC(=O)[C@H](CC(C)C)NC(=O)OCc1ccccc1)C(=O)O. The van der Waals surface area contributed by atoms with Gasteiger partial charge in [0.2, 0.25) is 5.91 Å². The molecule has 142 valence electrons. The molecule has 0 spiro atoms. The van der Waals surface area contributed by atoms with Crippen LogP contribution < -0.4 is 10.6 Å². The van der Waals surface area contributed by atoms with Crippen LogP contribution in [-0.2, 0) is 20.9 Å². The maximum Gasteiger partial charge on any atom is 0.408 e. The van der Waals surface area contributed by atoms with Gasteiger partial charge in [-0.3, -0.25) is 4.79 Å². The van der Waals surface area contributed by atoms with Crippen LogP contribution in [0, 0.1) is 5.92 Å². The van der Waals surface area contributed by atoms with E-state index in [2.05, 4.69) is 17.2 Å². The van der Waals surface area contributed by atoms with Crippen LogP contribution in [0.1, 0.15) is 32.3 Å². The summed E-state index contributed by atoms with van der Waals surface area (Å²) in [6, 6.07) is 7.18. The van der Waals surface area contributed by atoms with Crippen molar-refractivity contribution in [2.75, 3.05) is 0 Å². The highest BCUT2D eigenvalue weighted by molar-refractivity contribution is 5.89. The first kappa shape index (κ1) is 21.2. The number of hydrogen-bond acceptors (Lipinski definition) is 4. The number of rotatable bonds is 10. The molecule has 1 aromatic carbocycles. The first-order chi connectivity index (χ1) is 12.3. The lowest BCUT2D eigenvalue weighted by Crippen LogP contribution is -2.52. The molecule has 2 atom stereocenters. The van der Waals surface area contributed by atoms with Gasteiger partial charge < -0.3 is 20.5 Å². The summed E-state index contributed by atoms with van der Waals surface area (Å²) >= 11 is 0. The third-order valence-corrected chi connectivity index (χ3v) is 3.55. The molecule has 0 bridgehead atoms. The van der Waals surface area contributed by atoms with Crippen molar-refractivity contribution in [3.63, 3.8) is 0 Å². The van der Waals surface area contributed by atoms with Gasteiger partial charge in [-0.05, 0) is 24.3 Å². The first-order valence-electron chi connectivity index (χ1n) is 8.44. The van der Waals surface area contributed by atoms with Crippen molar-refractivity contribution in [1.82, 2.24) is 10.6 Å². The van der Waals surface area contributed by atoms with Crippen molar-refractivity contribution < 1.29 is 24.2 Å². The molecular formula is C19H26N2O5. The number of carbonyl (C=O) groups is 3. The summed E-state index contributed by atoms with van der Waals surface area (Å²) in [4.78, 5) is 35.6. The number of carboxylic acids is 1. The molecule has 0 saturated heterocycles. The van der Waals surface area contributed by atoms with Crippen LogP contribution in [0.4, 0.5) is 4.79 Å². The molecule has 1 aromatic rings. The Morgan fingerprint density at radius 3 is 2.35 bits per heavy atom. The van der Waals surface area contributed by atoms with Gasteiger partial charge >= 0.3 is 12.1 Å². The van der Waals surface area contributed by atoms with E-state index in [1.165, 1.54) is 6.08 Å². The summed E-state index contributed by atoms with van der Waals surface area (Å²) in [5.74, 6) is -1.61. The standard InChI is InChI=1S/C19H26N2O5/c1-4-8-15(18(23)24)20-17(22)16(11-13(2)3)21-19(25)26-12-14-9-6-5-7-10-14/h4-7,9-10,13,15-16H,1,8,11-12H2,2-3H3,(H,20,22)(H,21,25)(H,23,24)/t15-,16-/m0/s1. The third kappa shape index (κ3) is 7.83. The molecule has 0 aliphatic heterocycles. The van der Waals surface area contributed by atoms with E-state index in [4.69, 9.17) is 9.84 Å². The van der Waals surface area contributed by atoms with Gasteiger partial charge in [-0.15, -0.1) is 6.58 Å². The maximum atomic E-state index is 12.4. The highest BCUT2D eigenvalue weighted by Crippen LogP contribution is 2.07. The molecule has 3 N–H and O–H groups in total. The van der Waals surface area contributed by atoms with E-state index < -0.39 is 30.1 Å². The number of carboxylic acid groups (broad SMARTS) is 1. The van der Waals surface area contributed by atoms with E-state index in [1.807, 2.05) is 44.2 Å². The van der Waals surface area contributed by atoms with Crippen molar-refractivity contribution in [2.24, 2.45) is 5.92 Å². The molecule has 0 unspecified atom stereocenters. The molecule has 0 saturated carbocycles. The number of carbonyl (C=O) groups excluding carboxylic acids is 2. The predicted octanol–water partition coefficient (Wildman–Crippen LogP) is 2.47. The second-order valence-electron chi connectivity index (χ2n) is 6.31. The van der Waals surface area contributed by atoms with Crippen LogP contribution in [-0.4, -0.2) is 35.2 Å². The van der Waals surface area contributed by atoms with Gasteiger partial charge in [-0.25, -0.2) is 9.59 Å². The number of benzene rings is 1. The van der Waals surface area contributed by atoms with E-state index in [-0.39, 0.29) is 18.9 Å². The van der Waals surface area contributed by atoms with Crippen molar-refractivity contribution >= 4 is 18.0 Å². The zero-order valence-electron chi connectivity index (χ0n) is 15.1. The lowest BCUT2D eigenvalue weighted by atomic mass is 10.0. The fourth-order valence-corrected chi connectivity index (χ4v) is 2.27. The van der Waals surface area contributed by atoms with Gasteiger partial charge in [-0.2, -0.15) is 0 Å². The second-order valence-corrected chi connectivity index (χ2v) is 6.31. The van der Waals surface area contributed by atoms with Crippen molar-refractivity contribution in [2.45, 2.75) is 45.4 Å². The van der Waals surface area contributed by atoms with E-state index in [1.54, 1.807) is 0 Å². The van der Waals surface area contributed by atoms with Crippen molar-refractivity contribution in [3.05, 3.63) is 48.6 Å². The van der Waals surface area contributed by atoms with Crippen LogP contribution in [0.3, 0.4) is 0 Å². The molecule has 0 fully saturated rings. The fourth-order valence-electron chi connectivity index (χ4n) is 2.27. The fraction of sp³-hybridized carbons (Fsp3) is 0.421. The van der Waals surface area contributed by atoms with Crippen LogP contribution in [0.25, 0.3) is 0 Å². The zero-order valence-corrected chi connectivity index (χ0v) is 15.1. The van der Waals surface area contributed by atoms with E-state index in [0.29, 0.717) is 6.42 Å². The van der Waals surface area contributed by atoms with Crippen molar-refractivity contribution in [1.29, 1.82) is 0 Å². The van der Waals surface area contributed by atoms with Crippen LogP contribution in [0.2, 0.25) is 0 Å². The topological polar surface area (TPSA) is 105 Å². The summed E-state index contributed by atoms with van der Waals surface area (Å²) in [5.41, 5.74) is 0.824. The van der Waals surface area contributed by atoms with E-state index >= 15 is 0 Å². The summed E-state index contributed by atoms with van der Waals surface area (Å²) in [7, 11) is 0. The monoisotopic (exact) mass is 362 g/mol. The van der Waals surface area contributed by atoms with Gasteiger partial charge in [0.15, 0.2) is 0 Å². The molecule has 0 aliphatic carbocycles. The Labute approximate surface area is 153 Å². The largest absolute Gasteiger partial charge is 0.480 e. The summed E-state index contributed by atoms with van der Waals surface area (Å²) in [6.07, 6.45) is 1.13. The zero-order chi connectivity index (χ0) is 19.5. The Hall–Kier alpha value is -2.83. The van der Waals surface area contributed by atoms with Crippen molar-refractivity contribution in [3.8, 4) is 0 Å². The Morgan fingerprint density at radius 2 is 1.81 bits per heavy atom. The molecular weight excluding hydrogens is 336 g/mol. The Kier molecular flexibility index (Phi) is 8.91. The Balaban J connectivity index is 2.66. The minimum absolute atomic E-state index is 0.0803. The number of aliphatic carboxylic acids is 1. The average molecular weight is 362 g/mol. The summed E-state index contributed by atoms with van der Waals surface area (Å²) < 4.78 is 5.13. The number of nitrogens with one attached hydrogen (secondary N) is 2. The Morgan fingerprint density at radius 1 is 1.15 bits per heavy atom. The third-order valence-electron chi connectivity index (χ3n) is 3.55. The normalized spacial score (nSPS) is 12.7. The highest BCUT2D eigenvalue weighted by Gasteiger charge is 2.26. The molecule has 26 heavy (non-hydrogen) atoms. The number of hydrogen-bond donors (Lipinski definition) is 3. The molecule has 2 amide bonds. The number of alkyl carbamates (subject to hydrolysis) is 1. The smallest absolute Gasteiger partial charge is 0.408 e. The van der Waals surface area contributed by atoms with Gasteiger partial charge in [0.25, 0.3) is 0 Å². The minimum atomic E-state index is -1.16. The van der Waals surface area contributed by atoms with Crippen LogP contribution in [0.15, 0.2) is 43.0 Å². The molecule has 1 rings (SSSR count). The summed E-state index contributed by atoms with van der Waals surface area (Å²) in [6.45, 7) is 7.36. The van der Waals surface area contributed by atoms with Gasteiger partial charge in [0.05, 0.1) is 0 Å². The molecule has 0 radical (unpaired) electrons. The summed E-state index contributed by atoms with van der Waals surface area (Å²) in [5, 5.41) is 14.1. The predicted molar refractivity (Wildman–Crippen MR) is 97.4 cm³/mol. The lowest BCUT2D eigenvalue weighted by Gasteiger charge is -2.22. The first-order valence-corrected chi connectivity index (χ1v) is 8.44. The quantitative estimate of drug-likeness (QED) is 0.555. The van der Waals surface area contributed by atoms with Gasteiger partial charge in [0, 0.05) is 0 Å². The average Bonchev–Trinajstić information content (AvgIpc) is 2.59. The lowest BCUT2D eigenvalue weighted by molar-refractivity contribution is -0.142. The van der Waals surface area contributed by atoms with E-state index in [0.717, 1.165) is 5.56 Å². The number of amides is 2. The van der Waals surface area contributed by atoms with Gasteiger partial charge in [-0.1, -0.05) is 50.3 Å². The molecule has 0 aromatic heterocycles. The maximum absolute atomic E-state index is 12.4. The number of ether oxygens (including phenoxy) is 1. The highest BCUT2D eigenvalue weighted by atomic mass is 16.5. The van der Waals surface area contributed by atoms with Gasteiger partial charge in [0.1, 0.15) is 18.7 Å². The molecule has 7 heteroatoms. The molecule has 0 heterocycles. The molecule has 0 aliphatic rings. The van der Waals surface area contributed by atoms with E-state index in [9.17, 15) is 14.4 Å². The molecule has 7 nitrogen and oxygen atoms in total. The Bertz CT molecular complexity index is 616. The van der Waals surface area contributed by atoms with Crippen LogP contribution >= 0.6 is 0 Å². The second kappa shape index (κ2) is 10.9.